The van der Waals surface area contributed by atoms with Crippen molar-refractivity contribution in [2.45, 2.75) is 6.10 Å². The molecule has 0 saturated carbocycles. The Morgan fingerprint density at radius 2 is 1.74 bits per heavy atom. The van der Waals surface area contributed by atoms with E-state index in [1.54, 1.807) is 6.07 Å². The minimum absolute atomic E-state index is 0.0865. The number of furan rings is 1. The topological polar surface area (TPSA) is 81.9 Å². The maximum absolute atomic E-state index is 12.9. The number of piperazine rings is 1. The van der Waals surface area contributed by atoms with Crippen LogP contribution < -0.4 is 4.74 Å². The van der Waals surface area contributed by atoms with E-state index in [0.29, 0.717) is 38.5 Å². The van der Waals surface area contributed by atoms with Crippen LogP contribution in [0.1, 0.15) is 10.6 Å². The van der Waals surface area contributed by atoms with E-state index in [1.807, 2.05) is 65.6 Å². The van der Waals surface area contributed by atoms with E-state index in [2.05, 4.69) is 16.0 Å². The number of benzene rings is 3. The van der Waals surface area contributed by atoms with Gasteiger partial charge in [-0.15, -0.1) is 0 Å². The number of fused-ring (bicyclic) bond motifs is 4. The van der Waals surface area contributed by atoms with Crippen molar-refractivity contribution < 1.29 is 19.1 Å². The third-order valence-corrected chi connectivity index (χ3v) is 6.69. The van der Waals surface area contributed by atoms with Gasteiger partial charge in [-0.25, -0.2) is 0 Å². The van der Waals surface area contributed by atoms with Crippen LogP contribution in [0.15, 0.2) is 77.2 Å². The number of nitrogens with one attached hydrogen (secondary N) is 1. The molecule has 1 aliphatic heterocycles. The Morgan fingerprint density at radius 3 is 2.60 bits per heavy atom. The lowest BCUT2D eigenvalue weighted by atomic mass is 10.1. The maximum Gasteiger partial charge on any atom is 0.289 e. The molecule has 7 heteroatoms. The fraction of sp³-hybridized carbons (Fsp3) is 0.250. The van der Waals surface area contributed by atoms with Gasteiger partial charge in [0, 0.05) is 54.4 Å². The molecule has 6 rings (SSSR count). The molecule has 0 bridgehead atoms. The zero-order chi connectivity index (χ0) is 23.8. The number of amides is 1. The van der Waals surface area contributed by atoms with Crippen molar-refractivity contribution in [3.63, 3.8) is 0 Å². The first-order valence-corrected chi connectivity index (χ1v) is 12.0. The van der Waals surface area contributed by atoms with Gasteiger partial charge in [-0.1, -0.05) is 42.5 Å². The van der Waals surface area contributed by atoms with Gasteiger partial charge in [0.1, 0.15) is 24.0 Å². The highest BCUT2D eigenvalue weighted by Gasteiger charge is 2.25. The largest absolute Gasteiger partial charge is 0.490 e. The quantitative estimate of drug-likeness (QED) is 0.388. The van der Waals surface area contributed by atoms with Crippen LogP contribution in [0.3, 0.4) is 0 Å². The summed E-state index contributed by atoms with van der Waals surface area (Å²) in [5.41, 5.74) is 2.80. The third kappa shape index (κ3) is 4.24. The molecule has 1 fully saturated rings. The number of β-amino-alcohol motifs (C(OH)–C–C–N with tert-alkyl or cyclic N) is 1. The molecule has 5 aromatic rings. The van der Waals surface area contributed by atoms with Crippen molar-refractivity contribution in [1.82, 2.24) is 14.8 Å². The number of ether oxygens (including phenoxy) is 1. The molecule has 7 nitrogen and oxygen atoms in total. The smallest absolute Gasteiger partial charge is 0.289 e. The fourth-order valence-corrected chi connectivity index (χ4v) is 4.90. The summed E-state index contributed by atoms with van der Waals surface area (Å²) in [6.07, 6.45) is -0.631. The summed E-state index contributed by atoms with van der Waals surface area (Å²) in [7, 11) is 0. The first kappa shape index (κ1) is 21.7. The number of rotatable bonds is 6. The predicted octanol–water partition coefficient (Wildman–Crippen LogP) is 4.27. The van der Waals surface area contributed by atoms with E-state index in [4.69, 9.17) is 9.15 Å². The number of aromatic nitrogens is 1. The second-order valence-electron chi connectivity index (χ2n) is 9.06. The summed E-state index contributed by atoms with van der Waals surface area (Å²) in [5, 5.41) is 13.7. The minimum Gasteiger partial charge on any atom is -0.490 e. The van der Waals surface area contributed by atoms with E-state index >= 15 is 0 Å². The second kappa shape index (κ2) is 9.09. The molecule has 3 aromatic carbocycles. The Bertz CT molecular complexity index is 1460. The van der Waals surface area contributed by atoms with Crippen molar-refractivity contribution in [2.75, 3.05) is 39.3 Å². The minimum atomic E-state index is -0.631. The molecule has 2 N–H and O–H groups in total. The van der Waals surface area contributed by atoms with Gasteiger partial charge in [0.15, 0.2) is 5.76 Å². The second-order valence-corrected chi connectivity index (χ2v) is 9.06. The van der Waals surface area contributed by atoms with Crippen LogP contribution in [-0.4, -0.2) is 71.2 Å². The highest BCUT2D eigenvalue weighted by atomic mass is 16.5. The molecule has 0 aliphatic carbocycles. The molecule has 1 amide bonds. The normalized spacial score (nSPS) is 15.7. The molecule has 0 spiro atoms. The van der Waals surface area contributed by atoms with Gasteiger partial charge in [-0.3, -0.25) is 9.69 Å². The number of aliphatic hydroxyl groups is 1. The van der Waals surface area contributed by atoms with Gasteiger partial charge in [-0.05, 0) is 30.3 Å². The molecule has 1 saturated heterocycles. The lowest BCUT2D eigenvalue weighted by molar-refractivity contribution is 0.0392. The fourth-order valence-electron chi connectivity index (χ4n) is 4.90. The molecule has 1 atom stereocenters. The summed E-state index contributed by atoms with van der Waals surface area (Å²) < 4.78 is 11.8. The first-order valence-electron chi connectivity index (χ1n) is 12.0. The number of hydrogen-bond acceptors (Lipinski definition) is 5. The summed E-state index contributed by atoms with van der Waals surface area (Å²) >= 11 is 0. The molecular formula is C28H27N3O4. The lowest BCUT2D eigenvalue weighted by Gasteiger charge is -2.35. The Hall–Kier alpha value is -3.81. The van der Waals surface area contributed by atoms with Crippen LogP contribution in [0.5, 0.6) is 5.75 Å². The highest BCUT2D eigenvalue weighted by molar-refractivity contribution is 6.10. The van der Waals surface area contributed by atoms with E-state index in [9.17, 15) is 9.90 Å². The molecule has 3 heterocycles. The number of para-hydroxylation sites is 2. The average molecular weight is 470 g/mol. The van der Waals surface area contributed by atoms with Gasteiger partial charge in [0.2, 0.25) is 0 Å². The molecule has 0 radical (unpaired) electrons. The standard InChI is InChI=1S/C28H27N3O4/c32-20(18-34-25-11-5-9-23-27(25)21-7-2-3-8-22(21)29-23)17-30-12-14-31(15-13-30)28(33)26-16-19-6-1-4-10-24(19)35-26/h1-11,16,20,29,32H,12-15,17-18H2. The maximum atomic E-state index is 12.9. The van der Waals surface area contributed by atoms with Gasteiger partial charge >= 0.3 is 0 Å². The van der Waals surface area contributed by atoms with E-state index in [0.717, 1.165) is 38.5 Å². The van der Waals surface area contributed by atoms with Crippen LogP contribution in [0.25, 0.3) is 32.8 Å². The van der Waals surface area contributed by atoms with Crippen molar-refractivity contribution in [2.24, 2.45) is 0 Å². The number of carbonyl (C=O) groups excluding carboxylic acids is 1. The average Bonchev–Trinajstić information content (AvgIpc) is 3.49. The number of aliphatic hydroxyl groups excluding tert-OH is 1. The van der Waals surface area contributed by atoms with Crippen LogP contribution in [0.2, 0.25) is 0 Å². The summed E-state index contributed by atoms with van der Waals surface area (Å²) in [6, 6.07) is 23.5. The molecule has 178 valence electrons. The Morgan fingerprint density at radius 1 is 0.971 bits per heavy atom. The van der Waals surface area contributed by atoms with Crippen molar-refractivity contribution in [3.05, 3.63) is 78.6 Å². The van der Waals surface area contributed by atoms with Crippen molar-refractivity contribution in [1.29, 1.82) is 0 Å². The molecule has 1 aliphatic rings. The predicted molar refractivity (Wildman–Crippen MR) is 136 cm³/mol. The molecular weight excluding hydrogens is 442 g/mol. The van der Waals surface area contributed by atoms with Gasteiger partial charge in [-0.2, -0.15) is 0 Å². The van der Waals surface area contributed by atoms with Gasteiger partial charge in [0.25, 0.3) is 5.91 Å². The number of aromatic amines is 1. The van der Waals surface area contributed by atoms with E-state index < -0.39 is 6.10 Å². The Balaban J connectivity index is 1.04. The van der Waals surface area contributed by atoms with Crippen LogP contribution in [0.4, 0.5) is 0 Å². The van der Waals surface area contributed by atoms with E-state index in [1.165, 1.54) is 0 Å². The Labute approximate surface area is 202 Å². The third-order valence-electron chi connectivity index (χ3n) is 6.69. The number of hydrogen-bond donors (Lipinski definition) is 2. The van der Waals surface area contributed by atoms with E-state index in [-0.39, 0.29) is 12.5 Å². The Kier molecular flexibility index (Phi) is 5.64. The lowest BCUT2D eigenvalue weighted by Crippen LogP contribution is -2.50. The van der Waals surface area contributed by atoms with Crippen LogP contribution in [-0.2, 0) is 0 Å². The number of nitrogens with zero attached hydrogens (tertiary/aromatic N) is 2. The molecule has 1 unspecified atom stereocenters. The van der Waals surface area contributed by atoms with Gasteiger partial charge in [0.05, 0.1) is 5.52 Å². The SMILES string of the molecule is O=C(c1cc2ccccc2o1)N1CCN(CC(O)COc2cccc3[nH]c4ccccc4c23)CC1. The number of H-pyrrole nitrogens is 1. The zero-order valence-corrected chi connectivity index (χ0v) is 19.3. The zero-order valence-electron chi connectivity index (χ0n) is 19.3. The summed E-state index contributed by atoms with van der Waals surface area (Å²) in [6.45, 7) is 3.28. The van der Waals surface area contributed by atoms with Crippen molar-refractivity contribution in [3.8, 4) is 5.75 Å². The monoisotopic (exact) mass is 469 g/mol. The molecule has 2 aromatic heterocycles. The van der Waals surface area contributed by atoms with Gasteiger partial charge < -0.3 is 24.1 Å². The van der Waals surface area contributed by atoms with Crippen molar-refractivity contribution >= 4 is 38.7 Å². The highest BCUT2D eigenvalue weighted by Crippen LogP contribution is 2.33. The van der Waals surface area contributed by atoms with Crippen LogP contribution in [0, 0.1) is 0 Å². The first-order chi connectivity index (χ1) is 17.2. The van der Waals surface area contributed by atoms with Crippen LogP contribution >= 0.6 is 0 Å². The number of carbonyl (C=O) groups is 1. The summed E-state index contributed by atoms with van der Waals surface area (Å²) in [5.74, 6) is 1.05. The summed E-state index contributed by atoms with van der Waals surface area (Å²) in [4.78, 5) is 20.3. The molecule has 35 heavy (non-hydrogen) atoms.